The average molecular weight is 352 g/mol. The Morgan fingerprint density at radius 2 is 2.27 bits per heavy atom. The molecule has 1 saturated heterocycles. The van der Waals surface area contributed by atoms with Gasteiger partial charge in [-0.1, -0.05) is 5.16 Å². The molecule has 2 aromatic heterocycles. The summed E-state index contributed by atoms with van der Waals surface area (Å²) >= 11 is 0. The number of nitriles is 1. The molecule has 1 aliphatic heterocycles. The Kier molecular flexibility index (Phi) is 4.07. The van der Waals surface area contributed by atoms with Crippen molar-refractivity contribution in [3.05, 3.63) is 35.3 Å². The fourth-order valence-corrected chi connectivity index (χ4v) is 4.15. The number of carbonyl (C=O) groups is 1. The summed E-state index contributed by atoms with van der Waals surface area (Å²) in [6.07, 6.45) is 5.57. The van der Waals surface area contributed by atoms with Crippen LogP contribution in [-0.2, 0) is 0 Å². The van der Waals surface area contributed by atoms with E-state index in [9.17, 15) is 4.79 Å². The van der Waals surface area contributed by atoms with Gasteiger partial charge in [-0.05, 0) is 50.2 Å². The molecule has 2 aliphatic rings. The van der Waals surface area contributed by atoms with Crippen LogP contribution >= 0.6 is 0 Å². The van der Waals surface area contributed by atoms with Gasteiger partial charge in [-0.2, -0.15) is 5.26 Å². The quantitative estimate of drug-likeness (QED) is 0.897. The van der Waals surface area contributed by atoms with Gasteiger partial charge < -0.3 is 14.7 Å². The molecule has 8 nitrogen and oxygen atoms in total. The summed E-state index contributed by atoms with van der Waals surface area (Å²) in [4.78, 5) is 14.5. The Morgan fingerprint density at radius 1 is 1.42 bits per heavy atom. The number of rotatable bonds is 3. The first-order valence-corrected chi connectivity index (χ1v) is 8.79. The van der Waals surface area contributed by atoms with E-state index in [1.54, 1.807) is 13.0 Å². The SMILES string of the molecule is Cc1nocc1C(=O)NC1CC2(CCCN(c3ccc(C#N)nn3)C2)C1. The van der Waals surface area contributed by atoms with Gasteiger partial charge >= 0.3 is 0 Å². The highest BCUT2D eigenvalue weighted by molar-refractivity contribution is 5.95. The third-order valence-electron chi connectivity index (χ3n) is 5.44. The van der Waals surface area contributed by atoms with Crippen molar-refractivity contribution in [2.45, 2.75) is 38.6 Å². The Bertz CT molecular complexity index is 847. The van der Waals surface area contributed by atoms with Crippen LogP contribution < -0.4 is 10.2 Å². The minimum absolute atomic E-state index is 0.116. The van der Waals surface area contributed by atoms with Gasteiger partial charge in [-0.3, -0.25) is 4.79 Å². The van der Waals surface area contributed by atoms with Gasteiger partial charge in [0, 0.05) is 19.1 Å². The normalized spacial score (nSPS) is 24.8. The molecule has 2 fully saturated rings. The summed E-state index contributed by atoms with van der Waals surface area (Å²) in [5, 5.41) is 23.8. The number of aromatic nitrogens is 3. The fourth-order valence-electron chi connectivity index (χ4n) is 4.15. The van der Waals surface area contributed by atoms with E-state index in [0.717, 1.165) is 44.6 Å². The molecule has 1 amide bonds. The number of hydrogen-bond donors (Lipinski definition) is 1. The molecule has 0 atom stereocenters. The Hall–Kier alpha value is -2.95. The number of carbonyl (C=O) groups excluding carboxylic acids is 1. The van der Waals surface area contributed by atoms with E-state index in [4.69, 9.17) is 9.78 Å². The zero-order valence-electron chi connectivity index (χ0n) is 14.6. The zero-order valence-corrected chi connectivity index (χ0v) is 14.6. The van der Waals surface area contributed by atoms with Crippen LogP contribution in [0.5, 0.6) is 0 Å². The molecular weight excluding hydrogens is 332 g/mol. The maximum atomic E-state index is 12.3. The highest BCUT2D eigenvalue weighted by Crippen LogP contribution is 2.48. The summed E-state index contributed by atoms with van der Waals surface area (Å²) in [6.45, 7) is 3.61. The maximum Gasteiger partial charge on any atom is 0.256 e. The van der Waals surface area contributed by atoms with Crippen molar-refractivity contribution in [2.75, 3.05) is 18.0 Å². The van der Waals surface area contributed by atoms with Crippen molar-refractivity contribution in [1.82, 2.24) is 20.7 Å². The third kappa shape index (κ3) is 3.01. The molecule has 1 spiro atoms. The van der Waals surface area contributed by atoms with E-state index >= 15 is 0 Å². The monoisotopic (exact) mass is 352 g/mol. The van der Waals surface area contributed by atoms with E-state index in [1.165, 1.54) is 6.26 Å². The second-order valence-corrected chi connectivity index (χ2v) is 7.31. The molecule has 0 unspecified atom stereocenters. The van der Waals surface area contributed by atoms with Crippen molar-refractivity contribution in [3.8, 4) is 6.07 Å². The van der Waals surface area contributed by atoms with Crippen LogP contribution in [0.3, 0.4) is 0 Å². The first-order valence-electron chi connectivity index (χ1n) is 8.79. The fraction of sp³-hybridized carbons (Fsp3) is 0.500. The van der Waals surface area contributed by atoms with E-state index in [-0.39, 0.29) is 17.4 Å². The van der Waals surface area contributed by atoms with E-state index in [1.807, 2.05) is 12.1 Å². The predicted octanol–water partition coefficient (Wildman–Crippen LogP) is 1.82. The third-order valence-corrected chi connectivity index (χ3v) is 5.44. The molecule has 1 aliphatic carbocycles. The van der Waals surface area contributed by atoms with Gasteiger partial charge in [0.1, 0.15) is 17.9 Å². The number of nitrogens with zero attached hydrogens (tertiary/aromatic N) is 5. The second kappa shape index (κ2) is 6.41. The summed E-state index contributed by atoms with van der Waals surface area (Å²) in [7, 11) is 0. The number of hydrogen-bond acceptors (Lipinski definition) is 7. The largest absolute Gasteiger partial charge is 0.364 e. The molecule has 0 aromatic carbocycles. The summed E-state index contributed by atoms with van der Waals surface area (Å²) in [5.41, 5.74) is 1.66. The van der Waals surface area contributed by atoms with Crippen LogP contribution in [0.15, 0.2) is 22.9 Å². The lowest BCUT2D eigenvalue weighted by molar-refractivity contribution is 0.0550. The van der Waals surface area contributed by atoms with Crippen LogP contribution in [0.2, 0.25) is 0 Å². The predicted molar refractivity (Wildman–Crippen MR) is 92.4 cm³/mol. The lowest BCUT2D eigenvalue weighted by atomic mass is 9.61. The Morgan fingerprint density at radius 3 is 2.92 bits per heavy atom. The molecule has 2 aromatic rings. The summed E-state index contributed by atoms with van der Waals surface area (Å²) in [6, 6.07) is 5.74. The van der Waals surface area contributed by atoms with Gasteiger partial charge in [-0.25, -0.2) is 0 Å². The zero-order chi connectivity index (χ0) is 18.1. The Balaban J connectivity index is 1.36. The smallest absolute Gasteiger partial charge is 0.256 e. The van der Waals surface area contributed by atoms with Crippen LogP contribution in [0.25, 0.3) is 0 Å². The number of nitrogens with one attached hydrogen (secondary N) is 1. The maximum absolute atomic E-state index is 12.3. The molecule has 26 heavy (non-hydrogen) atoms. The highest BCUT2D eigenvalue weighted by Gasteiger charge is 2.47. The molecule has 4 rings (SSSR count). The van der Waals surface area contributed by atoms with Gasteiger partial charge in [0.05, 0.1) is 5.69 Å². The number of aryl methyl sites for hydroxylation is 1. The first-order chi connectivity index (χ1) is 12.6. The van der Waals surface area contributed by atoms with Gasteiger partial charge in [0.25, 0.3) is 5.91 Å². The Labute approximate surface area is 151 Å². The van der Waals surface area contributed by atoms with Gasteiger partial charge in [0.15, 0.2) is 11.5 Å². The molecule has 0 bridgehead atoms. The van der Waals surface area contributed by atoms with Crippen molar-refractivity contribution in [3.63, 3.8) is 0 Å². The van der Waals surface area contributed by atoms with E-state index < -0.39 is 0 Å². The summed E-state index contributed by atoms with van der Waals surface area (Å²) < 4.78 is 4.84. The van der Waals surface area contributed by atoms with Crippen molar-refractivity contribution >= 4 is 11.7 Å². The first kappa shape index (κ1) is 16.5. The van der Waals surface area contributed by atoms with Crippen molar-refractivity contribution in [1.29, 1.82) is 5.26 Å². The van der Waals surface area contributed by atoms with Crippen LogP contribution in [-0.4, -0.2) is 40.4 Å². The molecule has 3 heterocycles. The van der Waals surface area contributed by atoms with Crippen LogP contribution in [0.4, 0.5) is 5.82 Å². The molecule has 1 saturated carbocycles. The molecule has 0 radical (unpaired) electrons. The average Bonchev–Trinajstić information content (AvgIpc) is 3.07. The summed E-state index contributed by atoms with van der Waals surface area (Å²) in [5.74, 6) is 0.699. The topological polar surface area (TPSA) is 108 Å². The lowest BCUT2D eigenvalue weighted by Gasteiger charge is -2.53. The minimum Gasteiger partial charge on any atom is -0.364 e. The van der Waals surface area contributed by atoms with E-state index in [2.05, 4.69) is 25.6 Å². The van der Waals surface area contributed by atoms with E-state index in [0.29, 0.717) is 17.0 Å². The van der Waals surface area contributed by atoms with Gasteiger partial charge in [-0.15, -0.1) is 10.2 Å². The minimum atomic E-state index is -0.116. The van der Waals surface area contributed by atoms with Crippen LogP contribution in [0, 0.1) is 23.7 Å². The highest BCUT2D eigenvalue weighted by atomic mass is 16.5. The molecule has 134 valence electrons. The molecular formula is C18H20N6O2. The van der Waals surface area contributed by atoms with Gasteiger partial charge in [0.2, 0.25) is 0 Å². The molecule has 1 N–H and O–H groups in total. The number of amides is 1. The standard InChI is InChI=1S/C18H20N6O2/c1-12-15(10-26-23-12)17(25)20-14-7-18(8-14)5-2-6-24(11-18)16-4-3-13(9-19)21-22-16/h3-4,10,14H,2,5-8,11H2,1H3,(H,20,25). The van der Waals surface area contributed by atoms with Crippen LogP contribution in [0.1, 0.15) is 47.4 Å². The molecule has 8 heteroatoms. The van der Waals surface area contributed by atoms with Crippen molar-refractivity contribution < 1.29 is 9.32 Å². The number of piperidine rings is 1. The second-order valence-electron chi connectivity index (χ2n) is 7.31. The van der Waals surface area contributed by atoms with Crippen molar-refractivity contribution in [2.24, 2.45) is 5.41 Å². The lowest BCUT2D eigenvalue weighted by Crippen LogP contribution is -2.57. The number of anilines is 1.